The van der Waals surface area contributed by atoms with E-state index in [1.807, 2.05) is 45.1 Å². The monoisotopic (exact) mass is 665 g/mol. The molecular formula is C38H55N3O7. The summed E-state index contributed by atoms with van der Waals surface area (Å²) in [4.78, 5) is 28.3. The molecule has 10 heteroatoms. The third kappa shape index (κ3) is 8.65. The van der Waals surface area contributed by atoms with Crippen LogP contribution in [0.25, 0.3) is 6.08 Å². The number of hydrogen-bond donors (Lipinski definition) is 6. The van der Waals surface area contributed by atoms with Crippen LogP contribution in [0.1, 0.15) is 99.8 Å². The molecule has 2 heterocycles. The summed E-state index contributed by atoms with van der Waals surface area (Å²) in [5.74, 6) is -0.161. The molecule has 5 atom stereocenters. The number of aryl methyl sites for hydroxylation is 1. The van der Waals surface area contributed by atoms with Gasteiger partial charge in [-0.05, 0) is 93.3 Å². The summed E-state index contributed by atoms with van der Waals surface area (Å²) in [5.41, 5.74) is 3.54. The van der Waals surface area contributed by atoms with Gasteiger partial charge in [-0.25, -0.2) is 0 Å². The fourth-order valence-electron chi connectivity index (χ4n) is 6.42. The molecule has 0 spiro atoms. The molecule has 2 fully saturated rings. The zero-order valence-corrected chi connectivity index (χ0v) is 29.5. The Bertz CT molecular complexity index is 1480. The molecule has 2 amide bonds. The Morgan fingerprint density at radius 2 is 1.79 bits per heavy atom. The molecule has 6 N–H and O–H groups in total. The van der Waals surface area contributed by atoms with Crippen LogP contribution in [0.15, 0.2) is 36.4 Å². The van der Waals surface area contributed by atoms with Crippen molar-refractivity contribution in [2.24, 2.45) is 5.41 Å². The minimum absolute atomic E-state index is 0.00991. The summed E-state index contributed by atoms with van der Waals surface area (Å²) in [6, 6.07) is 9.73. The van der Waals surface area contributed by atoms with E-state index in [9.17, 15) is 30.0 Å². The van der Waals surface area contributed by atoms with Gasteiger partial charge in [-0.1, -0.05) is 44.2 Å². The van der Waals surface area contributed by atoms with Crippen molar-refractivity contribution in [1.29, 1.82) is 0 Å². The molecule has 0 saturated carbocycles. The van der Waals surface area contributed by atoms with Gasteiger partial charge in [0.1, 0.15) is 23.5 Å². The lowest BCUT2D eigenvalue weighted by atomic mass is 9.85. The predicted molar refractivity (Wildman–Crippen MR) is 187 cm³/mol. The highest BCUT2D eigenvalue weighted by atomic mass is 16.5. The molecule has 264 valence electrons. The molecule has 2 aliphatic rings. The van der Waals surface area contributed by atoms with Gasteiger partial charge >= 0.3 is 0 Å². The minimum atomic E-state index is -1.24. The number of aliphatic hydroxyl groups excluding tert-OH is 3. The zero-order valence-electron chi connectivity index (χ0n) is 29.5. The van der Waals surface area contributed by atoms with Gasteiger partial charge in [0.05, 0.1) is 24.2 Å². The van der Waals surface area contributed by atoms with Gasteiger partial charge in [0.2, 0.25) is 11.8 Å². The lowest BCUT2D eigenvalue weighted by Crippen LogP contribution is -2.60. The first-order chi connectivity index (χ1) is 22.6. The summed E-state index contributed by atoms with van der Waals surface area (Å²) in [5, 5.41) is 48.1. The SMILES string of the molecule is CCC(C)c1cc(O)c(C2OC(CO)CC(O)C2O)cc1Cc1ccc(C=CC(C)(C)C(=O)NC(C)(C)C(=O)N2CCNCC2)cc1C. The zero-order chi connectivity index (χ0) is 35.4. The highest BCUT2D eigenvalue weighted by molar-refractivity contribution is 5.93. The van der Waals surface area contributed by atoms with Crippen molar-refractivity contribution in [2.45, 2.75) is 104 Å². The van der Waals surface area contributed by atoms with E-state index in [2.05, 4.69) is 36.6 Å². The fourth-order valence-corrected chi connectivity index (χ4v) is 6.42. The molecule has 0 bridgehead atoms. The Morgan fingerprint density at radius 1 is 1.10 bits per heavy atom. The fraction of sp³-hybridized carbons (Fsp3) is 0.579. The molecule has 2 saturated heterocycles. The number of aliphatic hydroxyl groups is 3. The number of phenols is 1. The van der Waals surface area contributed by atoms with Crippen LogP contribution >= 0.6 is 0 Å². The summed E-state index contributed by atoms with van der Waals surface area (Å²) in [7, 11) is 0. The molecule has 2 aliphatic heterocycles. The van der Waals surface area contributed by atoms with Crippen molar-refractivity contribution >= 4 is 17.9 Å². The smallest absolute Gasteiger partial charge is 0.247 e. The van der Waals surface area contributed by atoms with Crippen molar-refractivity contribution in [3.05, 3.63) is 69.8 Å². The quantitative estimate of drug-likeness (QED) is 0.213. The van der Waals surface area contributed by atoms with Crippen molar-refractivity contribution in [2.75, 3.05) is 32.8 Å². The van der Waals surface area contributed by atoms with Gasteiger partial charge in [-0.15, -0.1) is 0 Å². The van der Waals surface area contributed by atoms with Gasteiger partial charge in [-0.3, -0.25) is 9.59 Å². The Hall–Kier alpha value is -3.28. The Kier molecular flexibility index (Phi) is 12.1. The number of amides is 2. The van der Waals surface area contributed by atoms with Gasteiger partial charge in [-0.2, -0.15) is 0 Å². The van der Waals surface area contributed by atoms with E-state index in [4.69, 9.17) is 4.74 Å². The maximum absolute atomic E-state index is 13.3. The molecule has 0 radical (unpaired) electrons. The highest BCUT2D eigenvalue weighted by Crippen LogP contribution is 2.40. The first kappa shape index (κ1) is 37.5. The Balaban J connectivity index is 1.53. The number of nitrogens with zero attached hydrogens (tertiary/aromatic N) is 1. The van der Waals surface area contributed by atoms with Crippen molar-refractivity contribution in [3.8, 4) is 5.75 Å². The lowest BCUT2D eigenvalue weighted by Gasteiger charge is -2.37. The molecule has 10 nitrogen and oxygen atoms in total. The van der Waals surface area contributed by atoms with Gasteiger partial charge in [0, 0.05) is 38.2 Å². The maximum Gasteiger partial charge on any atom is 0.247 e. The third-order valence-corrected chi connectivity index (χ3v) is 9.88. The molecular weight excluding hydrogens is 610 g/mol. The predicted octanol–water partition coefficient (Wildman–Crippen LogP) is 3.72. The number of ether oxygens (including phenoxy) is 1. The summed E-state index contributed by atoms with van der Waals surface area (Å²) >= 11 is 0. The van der Waals surface area contributed by atoms with E-state index in [0.29, 0.717) is 25.1 Å². The number of aromatic hydroxyl groups is 1. The van der Waals surface area contributed by atoms with Crippen LogP contribution in [0, 0.1) is 12.3 Å². The first-order valence-electron chi connectivity index (χ1n) is 17.2. The second-order valence-corrected chi connectivity index (χ2v) is 14.6. The molecule has 0 aliphatic carbocycles. The second kappa shape index (κ2) is 15.5. The number of nitrogens with one attached hydrogen (secondary N) is 2. The number of carbonyl (C=O) groups excluding carboxylic acids is 2. The summed E-state index contributed by atoms with van der Waals surface area (Å²) < 4.78 is 5.92. The first-order valence-corrected chi connectivity index (χ1v) is 17.2. The number of rotatable bonds is 11. The number of carbonyl (C=O) groups is 2. The average molecular weight is 666 g/mol. The molecule has 2 aromatic carbocycles. The number of benzene rings is 2. The Morgan fingerprint density at radius 3 is 2.42 bits per heavy atom. The number of piperazine rings is 1. The molecule has 4 rings (SSSR count). The number of hydrogen-bond acceptors (Lipinski definition) is 8. The van der Waals surface area contributed by atoms with Crippen LogP contribution in [-0.2, 0) is 20.7 Å². The molecule has 5 unspecified atom stereocenters. The van der Waals surface area contributed by atoms with E-state index in [1.54, 1.807) is 24.8 Å². The van der Waals surface area contributed by atoms with E-state index in [1.165, 1.54) is 0 Å². The minimum Gasteiger partial charge on any atom is -0.508 e. The van der Waals surface area contributed by atoms with Gasteiger partial charge in [0.25, 0.3) is 0 Å². The second-order valence-electron chi connectivity index (χ2n) is 14.6. The largest absolute Gasteiger partial charge is 0.508 e. The van der Waals surface area contributed by atoms with E-state index < -0.39 is 35.4 Å². The average Bonchev–Trinajstić information content (AvgIpc) is 3.06. The lowest BCUT2D eigenvalue weighted by molar-refractivity contribution is -0.180. The van der Waals surface area contributed by atoms with Crippen molar-refractivity contribution in [3.63, 3.8) is 0 Å². The summed E-state index contributed by atoms with van der Waals surface area (Å²) in [6.45, 7) is 15.8. The van der Waals surface area contributed by atoms with Gasteiger partial charge < -0.3 is 40.7 Å². The topological polar surface area (TPSA) is 152 Å². The Labute approximate surface area is 285 Å². The highest BCUT2D eigenvalue weighted by Gasteiger charge is 2.39. The van der Waals surface area contributed by atoms with Gasteiger partial charge in [0.15, 0.2) is 0 Å². The van der Waals surface area contributed by atoms with Crippen LogP contribution in [-0.4, -0.2) is 93.8 Å². The summed E-state index contributed by atoms with van der Waals surface area (Å²) in [6.07, 6.45) is 1.40. The molecule has 2 aromatic rings. The normalized spacial score (nSPS) is 22.9. The van der Waals surface area contributed by atoms with Crippen LogP contribution in [0.4, 0.5) is 0 Å². The van der Waals surface area contributed by atoms with E-state index in [-0.39, 0.29) is 36.5 Å². The van der Waals surface area contributed by atoms with Crippen LogP contribution in [0.2, 0.25) is 0 Å². The standard InChI is InChI=1S/C38H55N3O7/c1-8-23(2)29-21-31(43)30(34-33(45)32(44)20-28(22-42)48-34)19-27(29)18-26-10-9-25(17-24(26)3)11-12-37(4,5)35(46)40-38(6,7)36(47)41-15-13-39-14-16-41/h9-12,17,19,21,23,28,32-34,39,42-45H,8,13-16,18,20,22H2,1-7H3,(H,40,46). The molecule has 0 aromatic heterocycles. The molecule has 48 heavy (non-hydrogen) atoms. The van der Waals surface area contributed by atoms with E-state index in [0.717, 1.165) is 47.3 Å². The maximum atomic E-state index is 13.3. The van der Waals surface area contributed by atoms with Crippen LogP contribution in [0.5, 0.6) is 5.75 Å². The van der Waals surface area contributed by atoms with Crippen molar-refractivity contribution < 1.29 is 34.8 Å². The number of phenolic OH excluding ortho intramolecular Hbond substituents is 1. The van der Waals surface area contributed by atoms with Crippen LogP contribution in [0.3, 0.4) is 0 Å². The third-order valence-electron chi connectivity index (χ3n) is 9.88. The van der Waals surface area contributed by atoms with E-state index >= 15 is 0 Å². The van der Waals surface area contributed by atoms with Crippen LogP contribution < -0.4 is 10.6 Å². The van der Waals surface area contributed by atoms with Crippen molar-refractivity contribution in [1.82, 2.24) is 15.5 Å².